The maximum Gasteiger partial charge on any atom is 0.213 e. The molecule has 1 heterocycles. The molecule has 2 rings (SSSR count). The first-order chi connectivity index (χ1) is 8.70. The summed E-state index contributed by atoms with van der Waals surface area (Å²) in [5.74, 6) is 1.34. The molecule has 0 radical (unpaired) electrons. The lowest BCUT2D eigenvalue weighted by molar-refractivity contribution is 0.281. The van der Waals surface area contributed by atoms with Crippen molar-refractivity contribution in [1.29, 1.82) is 0 Å². The van der Waals surface area contributed by atoms with E-state index in [2.05, 4.69) is 42.8 Å². The van der Waals surface area contributed by atoms with Gasteiger partial charge in [-0.1, -0.05) is 21.1 Å². The molecule has 96 valence electrons. The van der Waals surface area contributed by atoms with Crippen molar-refractivity contribution < 1.29 is 9.26 Å². The monoisotopic (exact) mass is 311 g/mol. The van der Waals surface area contributed by atoms with Gasteiger partial charge < -0.3 is 14.6 Å². The van der Waals surface area contributed by atoms with Gasteiger partial charge in [-0.15, -0.1) is 0 Å². The van der Waals surface area contributed by atoms with E-state index in [0.29, 0.717) is 12.4 Å². The van der Waals surface area contributed by atoms with Crippen molar-refractivity contribution in [3.8, 4) is 5.75 Å². The molecule has 5 nitrogen and oxygen atoms in total. The second-order valence-corrected chi connectivity index (χ2v) is 4.74. The van der Waals surface area contributed by atoms with E-state index < -0.39 is 0 Å². The zero-order valence-corrected chi connectivity index (χ0v) is 11.8. The van der Waals surface area contributed by atoms with Gasteiger partial charge in [-0.3, -0.25) is 0 Å². The summed E-state index contributed by atoms with van der Waals surface area (Å²) in [7, 11) is 1.91. The smallest absolute Gasteiger partial charge is 0.213 e. The number of nitrogens with zero attached hydrogens (tertiary/aromatic N) is 2. The summed E-state index contributed by atoms with van der Waals surface area (Å²) >= 11 is 3.46. The van der Waals surface area contributed by atoms with Gasteiger partial charge >= 0.3 is 0 Å². The van der Waals surface area contributed by atoms with Gasteiger partial charge in [0.15, 0.2) is 6.61 Å². The van der Waals surface area contributed by atoms with Crippen molar-refractivity contribution in [2.24, 2.45) is 0 Å². The SMILES string of the molecule is CNC(C)c1cc(Br)ccc1OCc1ncon1. The van der Waals surface area contributed by atoms with Gasteiger partial charge in [-0.05, 0) is 32.2 Å². The number of hydrogen-bond donors (Lipinski definition) is 1. The highest BCUT2D eigenvalue weighted by Crippen LogP contribution is 2.28. The van der Waals surface area contributed by atoms with Crippen molar-refractivity contribution >= 4 is 15.9 Å². The van der Waals surface area contributed by atoms with Gasteiger partial charge in [0.2, 0.25) is 12.2 Å². The van der Waals surface area contributed by atoms with Crippen molar-refractivity contribution in [2.75, 3.05) is 7.05 Å². The predicted molar refractivity (Wildman–Crippen MR) is 70.2 cm³/mol. The summed E-state index contributed by atoms with van der Waals surface area (Å²) in [6.07, 6.45) is 1.29. The summed E-state index contributed by atoms with van der Waals surface area (Å²) in [5.41, 5.74) is 1.08. The van der Waals surface area contributed by atoms with Gasteiger partial charge in [-0.25, -0.2) is 0 Å². The quantitative estimate of drug-likeness (QED) is 0.920. The van der Waals surface area contributed by atoms with Crippen LogP contribution in [0.4, 0.5) is 0 Å². The molecular weight excluding hydrogens is 298 g/mol. The highest BCUT2D eigenvalue weighted by molar-refractivity contribution is 9.10. The number of benzene rings is 1. The van der Waals surface area contributed by atoms with Gasteiger partial charge in [0.1, 0.15) is 5.75 Å². The topological polar surface area (TPSA) is 60.2 Å². The molecule has 0 aliphatic heterocycles. The molecule has 1 unspecified atom stereocenters. The van der Waals surface area contributed by atoms with Crippen LogP contribution in [0, 0.1) is 0 Å². The first kappa shape index (κ1) is 13.0. The van der Waals surface area contributed by atoms with Crippen molar-refractivity contribution in [1.82, 2.24) is 15.5 Å². The standard InChI is InChI=1S/C12H14BrN3O2/c1-8(14-2)10-5-9(13)3-4-11(10)17-6-12-15-7-18-16-12/h3-5,7-8,14H,6H2,1-2H3. The molecule has 6 heteroatoms. The fourth-order valence-corrected chi connectivity index (χ4v) is 1.92. The third-order valence-electron chi connectivity index (χ3n) is 2.64. The molecule has 0 amide bonds. The van der Waals surface area contributed by atoms with Crippen molar-refractivity contribution in [3.63, 3.8) is 0 Å². The Bertz CT molecular complexity index is 502. The summed E-state index contributed by atoms with van der Waals surface area (Å²) in [6.45, 7) is 2.37. The third kappa shape index (κ3) is 3.08. The van der Waals surface area contributed by atoms with E-state index in [-0.39, 0.29) is 6.04 Å². The minimum atomic E-state index is 0.197. The molecule has 0 aliphatic carbocycles. The minimum Gasteiger partial charge on any atom is -0.485 e. The van der Waals surface area contributed by atoms with E-state index in [9.17, 15) is 0 Å². The molecule has 1 aromatic carbocycles. The van der Waals surface area contributed by atoms with E-state index in [1.54, 1.807) is 0 Å². The minimum absolute atomic E-state index is 0.197. The highest BCUT2D eigenvalue weighted by Gasteiger charge is 2.11. The summed E-state index contributed by atoms with van der Waals surface area (Å²) < 4.78 is 11.4. The van der Waals surface area contributed by atoms with E-state index in [1.807, 2.05) is 25.2 Å². The Morgan fingerprint density at radius 1 is 1.50 bits per heavy atom. The molecule has 0 saturated heterocycles. The molecule has 1 aromatic heterocycles. The Labute approximate surface area is 114 Å². The zero-order valence-electron chi connectivity index (χ0n) is 10.2. The summed E-state index contributed by atoms with van der Waals surface area (Å²) in [4.78, 5) is 3.92. The predicted octanol–water partition coefficient (Wildman–Crippen LogP) is 2.69. The van der Waals surface area contributed by atoms with Crippen molar-refractivity contribution in [2.45, 2.75) is 19.6 Å². The van der Waals surface area contributed by atoms with Gasteiger partial charge in [-0.2, -0.15) is 4.98 Å². The van der Waals surface area contributed by atoms with E-state index >= 15 is 0 Å². The molecular formula is C12H14BrN3O2. The second kappa shape index (κ2) is 5.97. The van der Waals surface area contributed by atoms with Gasteiger partial charge in [0, 0.05) is 16.1 Å². The molecule has 2 aromatic rings. The average molecular weight is 312 g/mol. The molecule has 0 aliphatic rings. The maximum absolute atomic E-state index is 5.71. The third-order valence-corrected chi connectivity index (χ3v) is 3.13. The van der Waals surface area contributed by atoms with Gasteiger partial charge in [0.25, 0.3) is 0 Å². The molecule has 0 fully saturated rings. The van der Waals surface area contributed by atoms with Crippen LogP contribution < -0.4 is 10.1 Å². The Kier molecular flexibility index (Phi) is 4.33. The summed E-state index contributed by atoms with van der Waals surface area (Å²) in [5, 5.41) is 6.90. The number of nitrogens with one attached hydrogen (secondary N) is 1. The van der Waals surface area contributed by atoms with Crippen LogP contribution in [0.1, 0.15) is 24.4 Å². The lowest BCUT2D eigenvalue weighted by Crippen LogP contribution is -2.14. The van der Waals surface area contributed by atoms with E-state index in [1.165, 1.54) is 6.39 Å². The van der Waals surface area contributed by atoms with Crippen molar-refractivity contribution in [3.05, 3.63) is 40.5 Å². The second-order valence-electron chi connectivity index (χ2n) is 3.83. The normalized spacial score (nSPS) is 12.4. The maximum atomic E-state index is 5.71. The lowest BCUT2D eigenvalue weighted by Gasteiger charge is -2.16. The van der Waals surface area contributed by atoms with Crippen LogP contribution in [-0.2, 0) is 6.61 Å². The van der Waals surface area contributed by atoms with Gasteiger partial charge in [0.05, 0.1) is 0 Å². The largest absolute Gasteiger partial charge is 0.485 e. The molecule has 18 heavy (non-hydrogen) atoms. The number of halogens is 1. The van der Waals surface area contributed by atoms with E-state index in [4.69, 9.17) is 4.74 Å². The van der Waals surface area contributed by atoms with Crippen LogP contribution in [0.3, 0.4) is 0 Å². The number of rotatable bonds is 5. The molecule has 1 atom stereocenters. The Balaban J connectivity index is 2.16. The first-order valence-corrected chi connectivity index (χ1v) is 6.34. The fraction of sp³-hybridized carbons (Fsp3) is 0.333. The average Bonchev–Trinajstić information content (AvgIpc) is 2.89. The Morgan fingerprint density at radius 2 is 2.33 bits per heavy atom. The van der Waals surface area contributed by atoms with Crippen LogP contribution >= 0.6 is 15.9 Å². The Hall–Kier alpha value is -1.40. The lowest BCUT2D eigenvalue weighted by atomic mass is 10.1. The fourth-order valence-electron chi connectivity index (χ4n) is 1.54. The number of aromatic nitrogens is 2. The van der Waals surface area contributed by atoms with Crippen LogP contribution in [0.2, 0.25) is 0 Å². The number of hydrogen-bond acceptors (Lipinski definition) is 5. The molecule has 0 bridgehead atoms. The van der Waals surface area contributed by atoms with E-state index in [0.717, 1.165) is 15.8 Å². The van der Waals surface area contributed by atoms with Crippen LogP contribution in [-0.4, -0.2) is 17.2 Å². The Morgan fingerprint density at radius 3 is 3.00 bits per heavy atom. The first-order valence-electron chi connectivity index (χ1n) is 5.55. The number of ether oxygens (including phenoxy) is 1. The molecule has 1 N–H and O–H groups in total. The highest BCUT2D eigenvalue weighted by atomic mass is 79.9. The van der Waals surface area contributed by atoms with Crippen LogP contribution in [0.25, 0.3) is 0 Å². The summed E-state index contributed by atoms with van der Waals surface area (Å²) in [6, 6.07) is 6.10. The van der Waals surface area contributed by atoms with Crippen LogP contribution in [0.5, 0.6) is 5.75 Å². The van der Waals surface area contributed by atoms with Crippen LogP contribution in [0.15, 0.2) is 33.6 Å². The molecule has 0 saturated carbocycles. The zero-order chi connectivity index (χ0) is 13.0. The molecule has 0 spiro atoms.